The van der Waals surface area contributed by atoms with Crippen molar-refractivity contribution in [2.45, 2.75) is 6.92 Å². The summed E-state index contributed by atoms with van der Waals surface area (Å²) in [6, 6.07) is 6.72. The molecule has 2 heterocycles. The third-order valence-electron chi connectivity index (χ3n) is 2.61. The fourth-order valence-corrected chi connectivity index (χ4v) is 1.82. The molecule has 0 spiro atoms. The van der Waals surface area contributed by atoms with Crippen LogP contribution in [0.15, 0.2) is 45.9 Å². The van der Waals surface area contributed by atoms with Crippen LogP contribution in [0.2, 0.25) is 0 Å². The van der Waals surface area contributed by atoms with Crippen molar-refractivity contribution < 1.29 is 13.9 Å². The van der Waals surface area contributed by atoms with E-state index in [2.05, 4.69) is 10.1 Å². The molecule has 0 fully saturated rings. The summed E-state index contributed by atoms with van der Waals surface area (Å²) in [5.41, 5.74) is -0.404. The number of ether oxygens (including phenoxy) is 1. The van der Waals surface area contributed by atoms with Crippen molar-refractivity contribution in [3.63, 3.8) is 0 Å². The van der Waals surface area contributed by atoms with E-state index in [0.29, 0.717) is 10.8 Å². The zero-order valence-corrected chi connectivity index (χ0v) is 10.4. The number of oxazole rings is 1. The van der Waals surface area contributed by atoms with Crippen LogP contribution >= 0.6 is 0 Å². The molecule has 7 nitrogen and oxygen atoms in total. The third-order valence-corrected chi connectivity index (χ3v) is 2.61. The van der Waals surface area contributed by atoms with Crippen molar-refractivity contribution in [1.29, 1.82) is 0 Å². The highest BCUT2D eigenvalue weighted by molar-refractivity contribution is 5.87. The molecule has 0 bridgehead atoms. The normalized spacial score (nSPS) is 10.7. The monoisotopic (exact) mass is 271 g/mol. The first-order valence-corrected chi connectivity index (χ1v) is 5.77. The average molecular weight is 271 g/mol. The lowest BCUT2D eigenvalue weighted by molar-refractivity contribution is -0.132. The summed E-state index contributed by atoms with van der Waals surface area (Å²) < 4.78 is 11.1. The van der Waals surface area contributed by atoms with E-state index < -0.39 is 11.5 Å². The summed E-state index contributed by atoms with van der Waals surface area (Å²) >= 11 is 0. The van der Waals surface area contributed by atoms with Crippen LogP contribution in [0.1, 0.15) is 6.92 Å². The average Bonchev–Trinajstić information content (AvgIpc) is 2.95. The maximum Gasteiger partial charge on any atom is 0.326 e. The van der Waals surface area contributed by atoms with Gasteiger partial charge >= 0.3 is 12.0 Å². The lowest BCUT2D eigenvalue weighted by Gasteiger charge is -2.07. The first-order valence-electron chi connectivity index (χ1n) is 5.77. The summed E-state index contributed by atoms with van der Waals surface area (Å²) in [5, 5.41) is 4.80. The van der Waals surface area contributed by atoms with Crippen LogP contribution < -0.4 is 10.3 Å². The number of benzene rings is 1. The first kappa shape index (κ1) is 12.1. The minimum atomic E-state index is -0.528. The number of hydrogen-bond acceptors (Lipinski definition) is 6. The number of carbonyl (C=O) groups is 1. The van der Waals surface area contributed by atoms with Crippen LogP contribution in [0, 0.1) is 0 Å². The third kappa shape index (κ3) is 1.95. The number of fused-ring (bicyclic) bond motifs is 1. The van der Waals surface area contributed by atoms with E-state index in [1.807, 2.05) is 0 Å². The summed E-state index contributed by atoms with van der Waals surface area (Å²) in [7, 11) is 0. The Morgan fingerprint density at radius 3 is 2.70 bits per heavy atom. The van der Waals surface area contributed by atoms with Gasteiger partial charge in [-0.1, -0.05) is 12.1 Å². The van der Waals surface area contributed by atoms with E-state index in [1.165, 1.54) is 19.4 Å². The fraction of sp³-hybridized carbons (Fsp3) is 0.0769. The van der Waals surface area contributed by atoms with Crippen LogP contribution in [0.25, 0.3) is 16.8 Å². The number of nitrogens with zero attached hydrogens (tertiary/aromatic N) is 3. The van der Waals surface area contributed by atoms with E-state index in [9.17, 15) is 9.59 Å². The van der Waals surface area contributed by atoms with Gasteiger partial charge in [-0.3, -0.25) is 9.59 Å². The zero-order valence-electron chi connectivity index (χ0n) is 10.4. The molecule has 0 saturated carbocycles. The number of hydrogen-bond donors (Lipinski definition) is 0. The largest absolute Gasteiger partial charge is 0.431 e. The van der Waals surface area contributed by atoms with Crippen LogP contribution in [0.4, 0.5) is 0 Å². The summed E-state index contributed by atoms with van der Waals surface area (Å²) in [6.07, 6.45) is 2.72. The van der Waals surface area contributed by atoms with Crippen molar-refractivity contribution in [2.24, 2.45) is 0 Å². The van der Waals surface area contributed by atoms with Gasteiger partial charge in [-0.05, 0) is 12.1 Å². The molecule has 3 aromatic rings. The van der Waals surface area contributed by atoms with Gasteiger partial charge in [0.25, 0.3) is 5.56 Å². The van der Waals surface area contributed by atoms with Gasteiger partial charge in [-0.2, -0.15) is 0 Å². The Bertz CT molecular complexity index is 836. The lowest BCUT2D eigenvalue weighted by atomic mass is 10.2. The predicted octanol–water partition coefficient (Wildman–Crippen LogP) is 1.30. The van der Waals surface area contributed by atoms with Gasteiger partial charge in [0.2, 0.25) is 5.88 Å². The Kier molecular flexibility index (Phi) is 2.79. The zero-order chi connectivity index (χ0) is 14.1. The minimum absolute atomic E-state index is 0.00848. The van der Waals surface area contributed by atoms with Gasteiger partial charge in [-0.25, -0.2) is 4.98 Å². The summed E-state index contributed by atoms with van der Waals surface area (Å²) in [6.45, 7) is 1.26. The molecule has 2 aromatic heterocycles. The molecule has 3 rings (SSSR count). The van der Waals surface area contributed by atoms with Crippen LogP contribution in [-0.4, -0.2) is 20.7 Å². The number of aromatic nitrogens is 3. The van der Waals surface area contributed by atoms with E-state index >= 15 is 0 Å². The maximum absolute atomic E-state index is 12.3. The Morgan fingerprint density at radius 2 is 2.05 bits per heavy atom. The van der Waals surface area contributed by atoms with Gasteiger partial charge in [0, 0.05) is 6.92 Å². The molecule has 0 aliphatic carbocycles. The highest BCUT2D eigenvalue weighted by Crippen LogP contribution is 2.20. The Balaban J connectivity index is 2.35. The first-order chi connectivity index (χ1) is 9.66. The molecule has 0 aliphatic heterocycles. The van der Waals surface area contributed by atoms with Crippen LogP contribution in [0.3, 0.4) is 0 Å². The highest BCUT2D eigenvalue weighted by Gasteiger charge is 2.15. The van der Waals surface area contributed by atoms with E-state index in [0.717, 1.165) is 4.68 Å². The van der Waals surface area contributed by atoms with Crippen molar-refractivity contribution >= 4 is 16.7 Å². The Labute approximate surface area is 112 Å². The second-order valence-corrected chi connectivity index (χ2v) is 3.98. The standard InChI is InChI=1S/C13H9N3O4/c1-8(17)20-11-9-4-2-3-5-10(9)12(18)16(15-11)13-14-6-7-19-13/h2-7H,1H3. The number of esters is 1. The molecular formula is C13H9N3O4. The van der Waals surface area contributed by atoms with Gasteiger partial charge in [0.05, 0.1) is 17.0 Å². The maximum atomic E-state index is 12.3. The SMILES string of the molecule is CC(=O)Oc1nn(-c2ncco2)c(=O)c2ccccc12. The van der Waals surface area contributed by atoms with Crippen LogP contribution in [0.5, 0.6) is 5.88 Å². The molecule has 7 heteroatoms. The highest BCUT2D eigenvalue weighted by atomic mass is 16.5. The Hall–Kier alpha value is -2.96. The van der Waals surface area contributed by atoms with Crippen LogP contribution in [-0.2, 0) is 4.79 Å². The molecular weight excluding hydrogens is 262 g/mol. The second-order valence-electron chi connectivity index (χ2n) is 3.98. The molecule has 0 amide bonds. The second kappa shape index (κ2) is 4.61. The predicted molar refractivity (Wildman–Crippen MR) is 68.7 cm³/mol. The van der Waals surface area contributed by atoms with Gasteiger partial charge in [0.1, 0.15) is 6.26 Å². The van der Waals surface area contributed by atoms with Gasteiger partial charge in [0.15, 0.2) is 0 Å². The molecule has 0 saturated heterocycles. The molecule has 0 unspecified atom stereocenters. The Morgan fingerprint density at radius 1 is 1.30 bits per heavy atom. The smallest absolute Gasteiger partial charge is 0.326 e. The topological polar surface area (TPSA) is 87.2 Å². The van der Waals surface area contributed by atoms with E-state index in [1.54, 1.807) is 24.3 Å². The molecule has 0 atom stereocenters. The quantitative estimate of drug-likeness (QED) is 0.653. The van der Waals surface area contributed by atoms with Gasteiger partial charge in [-0.15, -0.1) is 9.78 Å². The van der Waals surface area contributed by atoms with Crippen molar-refractivity contribution in [2.75, 3.05) is 0 Å². The minimum Gasteiger partial charge on any atom is -0.431 e. The fourth-order valence-electron chi connectivity index (χ4n) is 1.82. The van der Waals surface area contributed by atoms with Gasteiger partial charge < -0.3 is 9.15 Å². The molecule has 20 heavy (non-hydrogen) atoms. The molecule has 0 radical (unpaired) electrons. The number of carbonyl (C=O) groups excluding carboxylic acids is 1. The van der Waals surface area contributed by atoms with E-state index in [4.69, 9.17) is 9.15 Å². The van der Waals surface area contributed by atoms with Crippen molar-refractivity contribution in [3.05, 3.63) is 47.1 Å². The molecule has 0 N–H and O–H groups in total. The summed E-state index contributed by atoms with van der Waals surface area (Å²) in [4.78, 5) is 27.3. The summed E-state index contributed by atoms with van der Waals surface area (Å²) in [5.74, 6) is -0.494. The lowest BCUT2D eigenvalue weighted by Crippen LogP contribution is -2.23. The van der Waals surface area contributed by atoms with Crippen molar-refractivity contribution in [3.8, 4) is 11.9 Å². The molecule has 0 aliphatic rings. The molecule has 100 valence electrons. The van der Waals surface area contributed by atoms with Crippen molar-refractivity contribution in [1.82, 2.24) is 14.8 Å². The number of rotatable bonds is 2. The molecule has 1 aromatic carbocycles. The van der Waals surface area contributed by atoms with E-state index in [-0.39, 0.29) is 11.9 Å².